The van der Waals surface area contributed by atoms with E-state index in [1.54, 1.807) is 24.3 Å². The molecular weight excluding hydrogens is 495 g/mol. The molecule has 3 aromatic rings. The number of amidine groups is 1. The molecule has 0 saturated heterocycles. The number of nitrogens with one attached hydrogen (secondary N) is 1. The lowest BCUT2D eigenvalue weighted by atomic mass is 9.77. The molecule has 0 fully saturated rings. The van der Waals surface area contributed by atoms with Gasteiger partial charge in [0.2, 0.25) is 5.88 Å². The van der Waals surface area contributed by atoms with Crippen molar-refractivity contribution in [2.45, 2.75) is 18.4 Å². The molecule has 0 bridgehead atoms. The van der Waals surface area contributed by atoms with Crippen molar-refractivity contribution in [1.82, 2.24) is 15.0 Å². The summed E-state index contributed by atoms with van der Waals surface area (Å²) in [5.74, 6) is -0.596. The van der Waals surface area contributed by atoms with Gasteiger partial charge in [0, 0.05) is 23.2 Å². The van der Waals surface area contributed by atoms with Crippen LogP contribution in [0.1, 0.15) is 40.2 Å². The molecule has 2 aromatic heterocycles. The summed E-state index contributed by atoms with van der Waals surface area (Å²) >= 11 is 0. The second-order valence-electron chi connectivity index (χ2n) is 8.87. The molecule has 1 aromatic carbocycles. The Morgan fingerprint density at radius 1 is 1.18 bits per heavy atom. The quantitative estimate of drug-likeness (QED) is 0.498. The zero-order valence-electron chi connectivity index (χ0n) is 20.4. The van der Waals surface area contributed by atoms with Gasteiger partial charge in [-0.15, -0.1) is 0 Å². The molecule has 12 heteroatoms. The highest BCUT2D eigenvalue weighted by atomic mass is 19.1. The monoisotopic (exact) mass is 518 g/mol. The van der Waals surface area contributed by atoms with Crippen LogP contribution in [0.15, 0.2) is 47.7 Å². The molecule has 38 heavy (non-hydrogen) atoms. The van der Waals surface area contributed by atoms with Gasteiger partial charge in [-0.2, -0.15) is 4.39 Å². The van der Waals surface area contributed by atoms with Crippen LogP contribution in [0, 0.1) is 5.95 Å². The van der Waals surface area contributed by atoms with Gasteiger partial charge < -0.3 is 30.0 Å². The fourth-order valence-electron chi connectivity index (χ4n) is 4.79. The van der Waals surface area contributed by atoms with Gasteiger partial charge in [-0.1, -0.05) is 6.08 Å². The molecule has 3 N–H and O–H groups in total. The van der Waals surface area contributed by atoms with Crippen LogP contribution in [0.3, 0.4) is 0 Å². The molecule has 1 spiro atoms. The highest BCUT2D eigenvalue weighted by Crippen LogP contribution is 2.53. The van der Waals surface area contributed by atoms with Crippen LogP contribution in [0.25, 0.3) is 5.57 Å². The number of nitrogens with zero attached hydrogens (tertiary/aromatic N) is 4. The molecule has 1 amide bonds. The summed E-state index contributed by atoms with van der Waals surface area (Å²) in [7, 11) is 1.46. The maximum absolute atomic E-state index is 15.4. The number of carbonyl (C=O) groups is 1. The lowest BCUT2D eigenvalue weighted by Crippen LogP contribution is -2.39. The zero-order chi connectivity index (χ0) is 26.3. The summed E-state index contributed by atoms with van der Waals surface area (Å²) in [6, 6.07) is 6.75. The predicted molar refractivity (Wildman–Crippen MR) is 134 cm³/mol. The average molecular weight is 519 g/mol. The van der Waals surface area contributed by atoms with E-state index in [1.165, 1.54) is 19.5 Å². The van der Waals surface area contributed by atoms with Crippen LogP contribution in [0.4, 0.5) is 10.1 Å². The molecule has 0 unspecified atom stereocenters. The number of halogens is 1. The van der Waals surface area contributed by atoms with E-state index in [1.807, 2.05) is 6.08 Å². The number of hydrogen-bond donors (Lipinski definition) is 2. The Labute approximate surface area is 216 Å². The average Bonchev–Trinajstić information content (AvgIpc) is 2.94. The van der Waals surface area contributed by atoms with E-state index in [9.17, 15) is 4.79 Å². The number of carbonyl (C=O) groups excluding carboxylic acids is 1. The summed E-state index contributed by atoms with van der Waals surface area (Å²) in [5.41, 5.74) is 7.77. The smallest absolute Gasteiger partial charge is 0.283 e. The van der Waals surface area contributed by atoms with E-state index >= 15 is 4.39 Å². The van der Waals surface area contributed by atoms with E-state index in [0.717, 1.165) is 5.57 Å². The van der Waals surface area contributed by atoms with Crippen molar-refractivity contribution in [3.63, 3.8) is 0 Å². The van der Waals surface area contributed by atoms with Gasteiger partial charge in [-0.25, -0.2) is 19.9 Å². The second-order valence-corrected chi connectivity index (χ2v) is 8.87. The zero-order valence-corrected chi connectivity index (χ0v) is 20.4. The number of ether oxygens (including phenoxy) is 4. The van der Waals surface area contributed by atoms with Crippen LogP contribution >= 0.6 is 0 Å². The second kappa shape index (κ2) is 9.38. The molecule has 194 valence electrons. The van der Waals surface area contributed by atoms with E-state index < -0.39 is 17.4 Å². The normalized spacial score (nSPS) is 19.7. The van der Waals surface area contributed by atoms with Gasteiger partial charge in [-0.3, -0.25) is 4.79 Å². The lowest BCUT2D eigenvalue weighted by Gasteiger charge is -2.39. The van der Waals surface area contributed by atoms with Gasteiger partial charge >= 0.3 is 0 Å². The molecule has 0 radical (unpaired) electrons. The SMILES string of the molecule is COc1cnc(C(=O)Nc2ccc3c(c2)[C@@]2(CCOC(N)=N2)c2cc(C4=CCCOC4)nc(F)c2O3)cn1. The number of aromatic nitrogens is 3. The Kier molecular flexibility index (Phi) is 5.87. The molecule has 6 rings (SSSR count). The minimum absolute atomic E-state index is 0.0256. The molecule has 3 aliphatic rings. The Morgan fingerprint density at radius 3 is 2.82 bits per heavy atom. The van der Waals surface area contributed by atoms with Gasteiger partial charge in [0.1, 0.15) is 17.0 Å². The van der Waals surface area contributed by atoms with E-state index in [2.05, 4.69) is 25.3 Å². The number of pyridine rings is 1. The van der Waals surface area contributed by atoms with Crippen LogP contribution < -0.4 is 20.5 Å². The topological polar surface area (TPSA) is 143 Å². The Bertz CT molecular complexity index is 1490. The first-order chi connectivity index (χ1) is 18.5. The number of nitrogens with two attached hydrogens (primary N) is 1. The number of hydrogen-bond acceptors (Lipinski definition) is 10. The summed E-state index contributed by atoms with van der Waals surface area (Å²) in [5, 5.41) is 2.82. The minimum Gasteiger partial charge on any atom is -0.480 e. The first kappa shape index (κ1) is 23.8. The van der Waals surface area contributed by atoms with Crippen molar-refractivity contribution >= 4 is 23.2 Å². The van der Waals surface area contributed by atoms with Crippen molar-refractivity contribution in [3.05, 3.63) is 71.2 Å². The third-order valence-corrected chi connectivity index (χ3v) is 6.60. The highest BCUT2D eigenvalue weighted by Gasteiger charge is 2.46. The van der Waals surface area contributed by atoms with Crippen molar-refractivity contribution < 1.29 is 28.1 Å². The first-order valence-corrected chi connectivity index (χ1v) is 11.9. The van der Waals surface area contributed by atoms with Gasteiger partial charge in [0.25, 0.3) is 17.9 Å². The van der Waals surface area contributed by atoms with E-state index in [-0.39, 0.29) is 24.1 Å². The molecule has 11 nitrogen and oxygen atoms in total. The van der Waals surface area contributed by atoms with Crippen molar-refractivity contribution in [2.75, 3.05) is 32.2 Å². The summed E-state index contributed by atoms with van der Waals surface area (Å²) in [4.78, 5) is 29.8. The standard InChI is InChI=1S/C26H23FN6O5/c1-35-21-12-29-19(11-30-21)24(34)31-15-4-5-20-16(9-15)26(6-8-37-25(28)33-26)17-10-18(14-3-2-7-36-13-14)32-23(27)22(17)38-20/h3-5,9-12H,2,6-8,13H2,1H3,(H2,28,33)(H,31,34)/t26-/m0/s1. The number of rotatable bonds is 4. The highest BCUT2D eigenvalue weighted by molar-refractivity contribution is 6.02. The number of anilines is 1. The van der Waals surface area contributed by atoms with Gasteiger partial charge in [0.15, 0.2) is 5.75 Å². The van der Waals surface area contributed by atoms with Crippen LogP contribution in [-0.4, -0.2) is 53.8 Å². The maximum Gasteiger partial charge on any atom is 0.283 e. The summed E-state index contributed by atoms with van der Waals surface area (Å²) in [6.45, 7) is 1.18. The maximum atomic E-state index is 15.4. The van der Waals surface area contributed by atoms with Crippen molar-refractivity contribution in [2.24, 2.45) is 10.7 Å². The number of aliphatic imine (C=N–C) groups is 1. The number of fused-ring (bicyclic) bond motifs is 4. The predicted octanol–water partition coefficient (Wildman–Crippen LogP) is 3.16. The molecule has 5 heterocycles. The molecule has 0 aliphatic carbocycles. The fourth-order valence-corrected chi connectivity index (χ4v) is 4.79. The van der Waals surface area contributed by atoms with E-state index in [0.29, 0.717) is 60.2 Å². The Balaban J connectivity index is 1.43. The Hall–Kier alpha value is -4.58. The first-order valence-electron chi connectivity index (χ1n) is 11.9. The van der Waals surface area contributed by atoms with Gasteiger partial charge in [0.05, 0.1) is 45.0 Å². The largest absolute Gasteiger partial charge is 0.480 e. The lowest BCUT2D eigenvalue weighted by molar-refractivity contribution is 0.102. The van der Waals surface area contributed by atoms with Crippen molar-refractivity contribution in [3.8, 4) is 17.4 Å². The van der Waals surface area contributed by atoms with Crippen LogP contribution in [0.2, 0.25) is 0 Å². The third-order valence-electron chi connectivity index (χ3n) is 6.60. The Morgan fingerprint density at radius 2 is 2.08 bits per heavy atom. The molecular formula is C26H23FN6O5. The van der Waals surface area contributed by atoms with Gasteiger partial charge in [-0.05, 0) is 36.3 Å². The molecule has 0 saturated carbocycles. The molecule has 3 aliphatic heterocycles. The fraction of sp³-hybridized carbons (Fsp3) is 0.269. The molecule has 1 atom stereocenters. The van der Waals surface area contributed by atoms with Crippen LogP contribution in [-0.2, 0) is 15.0 Å². The summed E-state index contributed by atoms with van der Waals surface area (Å²) in [6.07, 6.45) is 5.72. The summed E-state index contributed by atoms with van der Waals surface area (Å²) < 4.78 is 37.4. The van der Waals surface area contributed by atoms with Crippen LogP contribution in [0.5, 0.6) is 17.4 Å². The number of amides is 1. The number of benzene rings is 1. The van der Waals surface area contributed by atoms with E-state index in [4.69, 9.17) is 24.7 Å². The number of methoxy groups -OCH3 is 1. The third kappa shape index (κ3) is 4.08. The van der Waals surface area contributed by atoms with Crippen molar-refractivity contribution in [1.29, 1.82) is 0 Å². The minimum atomic E-state index is -1.12.